The van der Waals surface area contributed by atoms with Crippen molar-refractivity contribution < 1.29 is 4.52 Å². The van der Waals surface area contributed by atoms with Crippen LogP contribution in [0.3, 0.4) is 0 Å². The number of hydrogen-bond donors (Lipinski definition) is 2. The SMILES string of the molecule is CC(C)NCCc1noc(=O)[nH]1. The van der Waals surface area contributed by atoms with Crippen molar-refractivity contribution in [1.29, 1.82) is 0 Å². The number of rotatable bonds is 4. The number of aromatic amines is 1. The minimum atomic E-state index is -0.491. The molecule has 0 unspecified atom stereocenters. The number of H-pyrrole nitrogens is 1. The van der Waals surface area contributed by atoms with E-state index in [2.05, 4.69) is 33.8 Å². The summed E-state index contributed by atoms with van der Waals surface area (Å²) in [5.74, 6) is 0.0997. The molecule has 0 aliphatic heterocycles. The van der Waals surface area contributed by atoms with E-state index < -0.39 is 5.76 Å². The summed E-state index contributed by atoms with van der Waals surface area (Å²) in [6.07, 6.45) is 0.684. The van der Waals surface area contributed by atoms with Crippen molar-refractivity contribution in [2.24, 2.45) is 0 Å². The summed E-state index contributed by atoms with van der Waals surface area (Å²) in [6, 6.07) is 0.448. The average molecular weight is 171 g/mol. The van der Waals surface area contributed by atoms with E-state index in [0.29, 0.717) is 18.3 Å². The number of nitrogens with one attached hydrogen (secondary N) is 2. The van der Waals surface area contributed by atoms with Crippen LogP contribution < -0.4 is 11.1 Å². The Morgan fingerprint density at radius 3 is 2.92 bits per heavy atom. The molecule has 2 N–H and O–H groups in total. The van der Waals surface area contributed by atoms with Gasteiger partial charge in [0.1, 0.15) is 0 Å². The zero-order valence-electron chi connectivity index (χ0n) is 7.26. The summed E-state index contributed by atoms with van der Waals surface area (Å²) in [5, 5.41) is 6.73. The van der Waals surface area contributed by atoms with Crippen LogP contribution >= 0.6 is 0 Å². The molecular weight excluding hydrogens is 158 g/mol. The topological polar surface area (TPSA) is 70.9 Å². The normalized spacial score (nSPS) is 10.9. The number of hydrogen-bond acceptors (Lipinski definition) is 4. The van der Waals surface area contributed by atoms with Crippen molar-refractivity contribution in [3.63, 3.8) is 0 Å². The fourth-order valence-corrected chi connectivity index (χ4v) is 0.847. The van der Waals surface area contributed by atoms with Crippen molar-refractivity contribution in [3.8, 4) is 0 Å². The predicted molar refractivity (Wildman–Crippen MR) is 44.0 cm³/mol. The first-order chi connectivity index (χ1) is 5.68. The third-order valence-electron chi connectivity index (χ3n) is 1.40. The maximum Gasteiger partial charge on any atom is 0.438 e. The second kappa shape index (κ2) is 4.06. The molecule has 5 heteroatoms. The Morgan fingerprint density at radius 1 is 1.67 bits per heavy atom. The molecule has 1 rings (SSSR count). The van der Waals surface area contributed by atoms with Gasteiger partial charge in [0.2, 0.25) is 0 Å². The van der Waals surface area contributed by atoms with Gasteiger partial charge in [-0.25, -0.2) is 4.79 Å². The highest BCUT2D eigenvalue weighted by atomic mass is 16.5. The molecule has 5 nitrogen and oxygen atoms in total. The lowest BCUT2D eigenvalue weighted by atomic mass is 10.3. The van der Waals surface area contributed by atoms with Gasteiger partial charge >= 0.3 is 5.76 Å². The lowest BCUT2D eigenvalue weighted by Crippen LogP contribution is -2.25. The van der Waals surface area contributed by atoms with Crippen LogP contribution in [-0.4, -0.2) is 22.7 Å². The Kier molecular flexibility index (Phi) is 3.04. The van der Waals surface area contributed by atoms with Crippen LogP contribution in [0.1, 0.15) is 19.7 Å². The van der Waals surface area contributed by atoms with E-state index in [-0.39, 0.29) is 0 Å². The van der Waals surface area contributed by atoms with Gasteiger partial charge in [0.05, 0.1) is 0 Å². The fourth-order valence-electron chi connectivity index (χ4n) is 0.847. The Balaban J connectivity index is 2.29. The molecule has 1 aromatic rings. The van der Waals surface area contributed by atoms with E-state index in [0.717, 1.165) is 6.54 Å². The van der Waals surface area contributed by atoms with Gasteiger partial charge in [0.15, 0.2) is 5.82 Å². The van der Waals surface area contributed by atoms with Crippen LogP contribution in [0.2, 0.25) is 0 Å². The summed E-state index contributed by atoms with van der Waals surface area (Å²) in [7, 11) is 0. The first kappa shape index (κ1) is 8.99. The maximum atomic E-state index is 10.5. The van der Waals surface area contributed by atoms with Gasteiger partial charge in [-0.05, 0) is 0 Å². The molecule has 0 spiro atoms. The van der Waals surface area contributed by atoms with Crippen LogP contribution in [0.15, 0.2) is 9.32 Å². The standard InChI is InChI=1S/C7H13N3O2/c1-5(2)8-4-3-6-9-7(11)12-10-6/h5,8H,3-4H2,1-2H3,(H,9,10,11). The zero-order valence-corrected chi connectivity index (χ0v) is 7.26. The number of aromatic nitrogens is 2. The highest BCUT2D eigenvalue weighted by molar-refractivity contribution is 4.79. The van der Waals surface area contributed by atoms with E-state index in [1.54, 1.807) is 0 Å². The molecule has 0 saturated carbocycles. The molecule has 0 aliphatic rings. The summed E-state index contributed by atoms with van der Waals surface area (Å²) < 4.78 is 4.33. The Labute approximate surface area is 70.2 Å². The van der Waals surface area contributed by atoms with Crippen LogP contribution in [-0.2, 0) is 6.42 Å². The van der Waals surface area contributed by atoms with Crippen LogP contribution in [0, 0.1) is 0 Å². The smallest absolute Gasteiger partial charge is 0.314 e. The molecule has 0 aromatic carbocycles. The second-order valence-electron chi connectivity index (χ2n) is 2.90. The van der Waals surface area contributed by atoms with Crippen LogP contribution in [0.4, 0.5) is 0 Å². The molecule has 0 bridgehead atoms. The average Bonchev–Trinajstić information content (AvgIpc) is 2.35. The van der Waals surface area contributed by atoms with E-state index in [9.17, 15) is 4.79 Å². The molecule has 0 aliphatic carbocycles. The lowest BCUT2D eigenvalue weighted by Gasteiger charge is -2.04. The first-order valence-electron chi connectivity index (χ1n) is 3.96. The molecular formula is C7H13N3O2. The highest BCUT2D eigenvalue weighted by Gasteiger charge is 1.99. The van der Waals surface area contributed by atoms with Gasteiger partial charge in [0.25, 0.3) is 0 Å². The van der Waals surface area contributed by atoms with Gasteiger partial charge in [-0.15, -0.1) is 0 Å². The van der Waals surface area contributed by atoms with Gasteiger partial charge in [-0.2, -0.15) is 0 Å². The van der Waals surface area contributed by atoms with Crippen LogP contribution in [0.25, 0.3) is 0 Å². The highest BCUT2D eigenvalue weighted by Crippen LogP contribution is 1.85. The molecule has 0 amide bonds. The molecule has 0 radical (unpaired) electrons. The van der Waals surface area contributed by atoms with Gasteiger partial charge in [-0.3, -0.25) is 9.51 Å². The molecule has 0 fully saturated rings. The van der Waals surface area contributed by atoms with E-state index in [1.807, 2.05) is 0 Å². The van der Waals surface area contributed by atoms with E-state index in [1.165, 1.54) is 0 Å². The van der Waals surface area contributed by atoms with E-state index >= 15 is 0 Å². The third-order valence-corrected chi connectivity index (χ3v) is 1.40. The summed E-state index contributed by atoms with van der Waals surface area (Å²) in [4.78, 5) is 13.0. The van der Waals surface area contributed by atoms with Gasteiger partial charge < -0.3 is 5.32 Å². The summed E-state index contributed by atoms with van der Waals surface area (Å²) >= 11 is 0. The van der Waals surface area contributed by atoms with Gasteiger partial charge in [-0.1, -0.05) is 19.0 Å². The molecule has 0 atom stereocenters. The Morgan fingerprint density at radius 2 is 2.42 bits per heavy atom. The maximum absolute atomic E-state index is 10.5. The third kappa shape index (κ3) is 2.87. The molecule has 68 valence electrons. The monoisotopic (exact) mass is 171 g/mol. The molecule has 0 saturated heterocycles. The lowest BCUT2D eigenvalue weighted by molar-refractivity contribution is 0.380. The van der Waals surface area contributed by atoms with E-state index in [4.69, 9.17) is 0 Å². The number of nitrogens with zero attached hydrogens (tertiary/aromatic N) is 1. The summed E-state index contributed by atoms with van der Waals surface area (Å²) in [5.41, 5.74) is 0. The summed E-state index contributed by atoms with van der Waals surface area (Å²) in [6.45, 7) is 4.91. The Hall–Kier alpha value is -1.10. The zero-order chi connectivity index (χ0) is 8.97. The fraction of sp³-hybridized carbons (Fsp3) is 0.714. The van der Waals surface area contributed by atoms with Crippen molar-refractivity contribution in [3.05, 3.63) is 16.4 Å². The minimum Gasteiger partial charge on any atom is -0.314 e. The minimum absolute atomic E-state index is 0.448. The van der Waals surface area contributed by atoms with Gasteiger partial charge in [0, 0.05) is 19.0 Å². The first-order valence-corrected chi connectivity index (χ1v) is 3.96. The van der Waals surface area contributed by atoms with Crippen molar-refractivity contribution in [1.82, 2.24) is 15.5 Å². The predicted octanol–water partition coefficient (Wildman–Crippen LogP) is -0.0966. The molecule has 1 aromatic heterocycles. The van der Waals surface area contributed by atoms with Crippen molar-refractivity contribution >= 4 is 0 Å². The van der Waals surface area contributed by atoms with Crippen molar-refractivity contribution in [2.45, 2.75) is 26.3 Å². The molecule has 1 heterocycles. The molecule has 12 heavy (non-hydrogen) atoms. The largest absolute Gasteiger partial charge is 0.438 e. The Bertz CT molecular complexity index is 276. The van der Waals surface area contributed by atoms with Crippen molar-refractivity contribution in [2.75, 3.05) is 6.54 Å². The quantitative estimate of drug-likeness (QED) is 0.663. The second-order valence-corrected chi connectivity index (χ2v) is 2.90. The van der Waals surface area contributed by atoms with Crippen LogP contribution in [0.5, 0.6) is 0 Å².